The Kier molecular flexibility index (Phi) is 7.51. The largest absolute Gasteiger partial charge is 0.760 e. The minimum absolute atomic E-state index is 0.0833. The van der Waals surface area contributed by atoms with Crippen molar-refractivity contribution in [2.75, 3.05) is 6.54 Å². The lowest BCUT2D eigenvalue weighted by Gasteiger charge is -2.27. The molecule has 0 bridgehead atoms. The topological polar surface area (TPSA) is 43.4 Å². The summed E-state index contributed by atoms with van der Waals surface area (Å²) in [6.07, 6.45) is 4.47. The Morgan fingerprint density at radius 3 is 2.31 bits per heavy atom. The SMILES string of the molecule is CCCCCCN(C(C)C)S(=O)[O-]. The first-order valence-corrected chi connectivity index (χ1v) is 5.98. The van der Waals surface area contributed by atoms with Crippen molar-refractivity contribution >= 4 is 11.3 Å². The Hall–Kier alpha value is 0.0700. The number of nitrogens with zero attached hydrogens (tertiary/aromatic N) is 1. The Balaban J connectivity index is 3.64. The molecule has 3 nitrogen and oxygen atoms in total. The van der Waals surface area contributed by atoms with Crippen LogP contribution in [0.25, 0.3) is 0 Å². The number of unbranched alkanes of at least 4 members (excludes halogenated alkanes) is 3. The highest BCUT2D eigenvalue weighted by atomic mass is 32.2. The third-order valence-corrected chi connectivity index (χ3v) is 2.99. The van der Waals surface area contributed by atoms with Gasteiger partial charge in [0.2, 0.25) is 0 Å². The predicted molar refractivity (Wildman–Crippen MR) is 54.9 cm³/mol. The van der Waals surface area contributed by atoms with Gasteiger partial charge < -0.3 is 4.55 Å². The molecule has 0 aliphatic heterocycles. The molecular formula is C9H20NO2S-. The van der Waals surface area contributed by atoms with Crippen molar-refractivity contribution in [3.8, 4) is 0 Å². The van der Waals surface area contributed by atoms with Gasteiger partial charge in [0.1, 0.15) is 0 Å². The standard InChI is InChI=1S/C9H21NO2S/c1-4-5-6-7-8-10(9(2)3)13(11)12/h9H,4-8H2,1-3H3,(H,11,12)/p-1. The fraction of sp³-hybridized carbons (Fsp3) is 1.00. The van der Waals surface area contributed by atoms with Crippen LogP contribution >= 0.6 is 0 Å². The van der Waals surface area contributed by atoms with Crippen LogP contribution in [-0.2, 0) is 11.3 Å². The third kappa shape index (κ3) is 6.18. The first-order valence-electron chi connectivity index (χ1n) is 4.95. The molecule has 0 amide bonds. The third-order valence-electron chi connectivity index (χ3n) is 2.00. The van der Waals surface area contributed by atoms with Gasteiger partial charge in [-0.3, -0.25) is 4.21 Å². The van der Waals surface area contributed by atoms with Crippen LogP contribution in [0.5, 0.6) is 0 Å². The second-order valence-electron chi connectivity index (χ2n) is 3.51. The molecule has 0 N–H and O–H groups in total. The van der Waals surface area contributed by atoms with Crippen molar-refractivity contribution in [3.63, 3.8) is 0 Å². The van der Waals surface area contributed by atoms with E-state index in [2.05, 4.69) is 6.92 Å². The highest BCUT2D eigenvalue weighted by molar-refractivity contribution is 7.76. The highest BCUT2D eigenvalue weighted by Gasteiger charge is 2.08. The van der Waals surface area contributed by atoms with Crippen molar-refractivity contribution in [3.05, 3.63) is 0 Å². The van der Waals surface area contributed by atoms with Crippen LogP contribution in [-0.4, -0.2) is 25.7 Å². The lowest BCUT2D eigenvalue weighted by molar-refractivity contribution is 0.330. The second kappa shape index (κ2) is 7.47. The normalized spacial score (nSPS) is 14.0. The molecule has 0 rings (SSSR count). The van der Waals surface area contributed by atoms with E-state index < -0.39 is 11.3 Å². The molecule has 0 saturated heterocycles. The Bertz CT molecular complexity index is 151. The van der Waals surface area contributed by atoms with Gasteiger partial charge in [-0.15, -0.1) is 0 Å². The fourth-order valence-corrected chi connectivity index (χ4v) is 1.82. The average molecular weight is 206 g/mol. The molecule has 1 unspecified atom stereocenters. The van der Waals surface area contributed by atoms with E-state index in [0.29, 0.717) is 6.54 Å². The van der Waals surface area contributed by atoms with Gasteiger partial charge in [-0.05, 0) is 20.3 Å². The van der Waals surface area contributed by atoms with Gasteiger partial charge >= 0.3 is 0 Å². The first-order chi connectivity index (χ1) is 6.09. The zero-order chi connectivity index (χ0) is 10.3. The average Bonchev–Trinajstić information content (AvgIpc) is 2.02. The van der Waals surface area contributed by atoms with Crippen LogP contribution in [0.1, 0.15) is 46.5 Å². The van der Waals surface area contributed by atoms with Crippen molar-refractivity contribution in [2.24, 2.45) is 0 Å². The molecule has 4 heteroatoms. The van der Waals surface area contributed by atoms with Gasteiger partial charge in [0.15, 0.2) is 0 Å². The fourth-order valence-electron chi connectivity index (χ4n) is 1.20. The quantitative estimate of drug-likeness (QED) is 0.473. The van der Waals surface area contributed by atoms with Gasteiger partial charge in [-0.25, -0.2) is 4.31 Å². The second-order valence-corrected chi connectivity index (χ2v) is 4.42. The van der Waals surface area contributed by atoms with Gasteiger partial charge in [0, 0.05) is 23.9 Å². The van der Waals surface area contributed by atoms with Crippen molar-refractivity contribution in [1.29, 1.82) is 0 Å². The number of rotatable bonds is 7. The van der Waals surface area contributed by atoms with E-state index in [1.807, 2.05) is 13.8 Å². The molecule has 0 aromatic heterocycles. The zero-order valence-electron chi connectivity index (χ0n) is 8.78. The lowest BCUT2D eigenvalue weighted by atomic mass is 10.2. The Labute approximate surface area is 83.9 Å². The van der Waals surface area contributed by atoms with Gasteiger partial charge in [-0.1, -0.05) is 26.2 Å². The number of hydrogen-bond acceptors (Lipinski definition) is 2. The molecule has 0 saturated carbocycles. The smallest absolute Gasteiger partial charge is 0.0211 e. The summed E-state index contributed by atoms with van der Waals surface area (Å²) >= 11 is -2.06. The van der Waals surface area contributed by atoms with E-state index in [-0.39, 0.29) is 6.04 Å². The van der Waals surface area contributed by atoms with Gasteiger partial charge in [-0.2, -0.15) is 0 Å². The Morgan fingerprint density at radius 1 is 1.31 bits per heavy atom. The minimum atomic E-state index is -2.06. The number of hydrogen-bond donors (Lipinski definition) is 0. The Morgan fingerprint density at radius 2 is 1.92 bits per heavy atom. The molecule has 1 atom stereocenters. The van der Waals surface area contributed by atoms with Crippen molar-refractivity contribution < 1.29 is 8.76 Å². The summed E-state index contributed by atoms with van der Waals surface area (Å²) < 4.78 is 23.0. The van der Waals surface area contributed by atoms with Gasteiger partial charge in [0.25, 0.3) is 0 Å². The van der Waals surface area contributed by atoms with Crippen LogP contribution in [0.3, 0.4) is 0 Å². The van der Waals surface area contributed by atoms with E-state index in [9.17, 15) is 8.76 Å². The molecule has 0 aromatic carbocycles. The highest BCUT2D eigenvalue weighted by Crippen LogP contribution is 2.06. The van der Waals surface area contributed by atoms with E-state index in [0.717, 1.165) is 12.8 Å². The molecule has 0 spiro atoms. The molecule has 80 valence electrons. The van der Waals surface area contributed by atoms with E-state index in [4.69, 9.17) is 0 Å². The van der Waals surface area contributed by atoms with Crippen LogP contribution in [0.2, 0.25) is 0 Å². The predicted octanol–water partition coefficient (Wildman–Crippen LogP) is 2.07. The summed E-state index contributed by atoms with van der Waals surface area (Å²) in [6, 6.07) is 0.0833. The first kappa shape index (κ1) is 13.1. The molecule has 0 fully saturated rings. The maximum Gasteiger partial charge on any atom is 0.0211 e. The summed E-state index contributed by atoms with van der Waals surface area (Å²) in [5, 5.41) is 0. The molecule has 0 radical (unpaired) electrons. The van der Waals surface area contributed by atoms with Crippen LogP contribution in [0.4, 0.5) is 0 Å². The monoisotopic (exact) mass is 206 g/mol. The van der Waals surface area contributed by atoms with E-state index in [1.165, 1.54) is 17.1 Å². The minimum Gasteiger partial charge on any atom is -0.760 e. The molecule has 13 heavy (non-hydrogen) atoms. The van der Waals surface area contributed by atoms with Crippen molar-refractivity contribution in [1.82, 2.24) is 4.31 Å². The van der Waals surface area contributed by atoms with Crippen molar-refractivity contribution in [2.45, 2.75) is 52.5 Å². The zero-order valence-corrected chi connectivity index (χ0v) is 9.60. The molecule has 0 aliphatic rings. The molecule has 0 aromatic rings. The molecular weight excluding hydrogens is 186 g/mol. The lowest BCUT2D eigenvalue weighted by Crippen LogP contribution is -2.33. The summed E-state index contributed by atoms with van der Waals surface area (Å²) in [7, 11) is 0. The molecule has 0 aliphatic carbocycles. The summed E-state index contributed by atoms with van der Waals surface area (Å²) in [6.45, 7) is 6.60. The summed E-state index contributed by atoms with van der Waals surface area (Å²) in [5.74, 6) is 0. The van der Waals surface area contributed by atoms with E-state index >= 15 is 0 Å². The molecule has 0 heterocycles. The maximum absolute atomic E-state index is 10.7. The van der Waals surface area contributed by atoms with Crippen LogP contribution in [0.15, 0.2) is 0 Å². The van der Waals surface area contributed by atoms with E-state index in [1.54, 1.807) is 0 Å². The van der Waals surface area contributed by atoms with Crippen LogP contribution < -0.4 is 0 Å². The summed E-state index contributed by atoms with van der Waals surface area (Å²) in [4.78, 5) is 0. The van der Waals surface area contributed by atoms with Gasteiger partial charge in [0.05, 0.1) is 0 Å². The maximum atomic E-state index is 10.7. The van der Waals surface area contributed by atoms with Crippen LogP contribution in [0, 0.1) is 0 Å². The summed E-state index contributed by atoms with van der Waals surface area (Å²) in [5.41, 5.74) is 0.